The fraction of sp³-hybridized carbons (Fsp3) is 0.0909. The maximum Gasteiger partial charge on any atom is 0.348 e. The van der Waals surface area contributed by atoms with Gasteiger partial charge in [-0.1, -0.05) is 17.7 Å². The number of hydrogen-bond acceptors (Lipinski definition) is 4. The molecule has 0 fully saturated rings. The lowest BCUT2D eigenvalue weighted by Gasteiger charge is -2.09. The number of sulfonamides is 1. The van der Waals surface area contributed by atoms with E-state index < -0.39 is 27.1 Å². The minimum atomic E-state index is -4.17. The first kappa shape index (κ1) is 14.0. The minimum absolute atomic E-state index is 0.0600. The lowest BCUT2D eigenvalue weighted by molar-refractivity contribution is 0.568. The summed E-state index contributed by atoms with van der Waals surface area (Å²) in [6.45, 7) is 1.77. The Kier molecular flexibility index (Phi) is 3.45. The summed E-state index contributed by atoms with van der Waals surface area (Å²) in [5.74, 6) is -1.28. The molecule has 0 saturated carbocycles. The molecule has 0 bridgehead atoms. The topological polar surface area (TPSA) is 101 Å². The van der Waals surface area contributed by atoms with Gasteiger partial charge < -0.3 is 4.98 Å². The van der Waals surface area contributed by atoms with Crippen molar-refractivity contribution in [3.8, 4) is 0 Å². The van der Waals surface area contributed by atoms with Crippen LogP contribution in [0.25, 0.3) is 0 Å². The van der Waals surface area contributed by atoms with Crippen molar-refractivity contribution in [2.45, 2.75) is 11.8 Å². The van der Waals surface area contributed by atoms with Crippen LogP contribution in [0, 0.1) is 12.7 Å². The zero-order chi connectivity index (χ0) is 14.9. The van der Waals surface area contributed by atoms with Crippen molar-refractivity contribution in [3.05, 3.63) is 62.7 Å². The van der Waals surface area contributed by atoms with Gasteiger partial charge in [0.1, 0.15) is 0 Å². The smallest absolute Gasteiger partial charge is 0.309 e. The minimum Gasteiger partial charge on any atom is -0.309 e. The van der Waals surface area contributed by atoms with Crippen molar-refractivity contribution in [3.63, 3.8) is 0 Å². The Hall–Kier alpha value is -2.42. The van der Waals surface area contributed by atoms with Gasteiger partial charge in [-0.2, -0.15) is 17.5 Å². The number of nitrogens with zero attached hydrogens (tertiary/aromatic N) is 1. The van der Waals surface area contributed by atoms with Crippen LogP contribution in [0.5, 0.6) is 0 Å². The predicted octanol–water partition coefficient (Wildman–Crippen LogP) is -0.0835. The number of aromatic nitrogens is 2. The van der Waals surface area contributed by atoms with Gasteiger partial charge in [0.05, 0.1) is 4.90 Å². The molecular formula is C11H10FN3O4S. The number of aromatic amines is 1. The van der Waals surface area contributed by atoms with Gasteiger partial charge >= 0.3 is 11.2 Å². The molecule has 1 heterocycles. The Morgan fingerprint density at radius 1 is 1.20 bits per heavy atom. The maximum absolute atomic E-state index is 13.1. The molecule has 0 amide bonds. The highest BCUT2D eigenvalue weighted by atomic mass is 32.2. The third-order valence-corrected chi connectivity index (χ3v) is 3.79. The fourth-order valence-electron chi connectivity index (χ4n) is 1.42. The summed E-state index contributed by atoms with van der Waals surface area (Å²) < 4.78 is 37.1. The van der Waals surface area contributed by atoms with Crippen LogP contribution in [0.2, 0.25) is 0 Å². The van der Waals surface area contributed by atoms with Crippen molar-refractivity contribution >= 4 is 10.0 Å². The predicted molar refractivity (Wildman–Crippen MR) is 69.0 cm³/mol. The largest absolute Gasteiger partial charge is 0.348 e. The molecule has 2 rings (SSSR count). The van der Waals surface area contributed by atoms with Gasteiger partial charge in [-0.05, 0) is 19.1 Å². The van der Waals surface area contributed by atoms with E-state index in [-0.39, 0.29) is 9.57 Å². The standard InChI is InChI=1S/C11H10FN3O4S/c1-7-2-4-8(5-3-7)20(18,19)14-15-10(16)9(12)6-13-11(15)17/h2-6,14H,1H3,(H,13,17). The summed E-state index contributed by atoms with van der Waals surface area (Å²) in [4.78, 5) is 26.2. The fourth-order valence-corrected chi connectivity index (χ4v) is 2.43. The van der Waals surface area contributed by atoms with Crippen molar-refractivity contribution < 1.29 is 12.8 Å². The quantitative estimate of drug-likeness (QED) is 0.827. The molecule has 20 heavy (non-hydrogen) atoms. The number of rotatable bonds is 3. The Labute approximate surface area is 112 Å². The van der Waals surface area contributed by atoms with Gasteiger partial charge in [-0.3, -0.25) is 4.79 Å². The normalized spacial score (nSPS) is 11.3. The van der Waals surface area contributed by atoms with Gasteiger partial charge in [0.25, 0.3) is 10.0 Å². The molecule has 2 aromatic rings. The first-order valence-corrected chi connectivity index (χ1v) is 6.89. The molecule has 0 aliphatic heterocycles. The van der Waals surface area contributed by atoms with E-state index in [0.717, 1.165) is 5.56 Å². The van der Waals surface area contributed by atoms with Gasteiger partial charge in [-0.15, -0.1) is 0 Å². The second kappa shape index (κ2) is 4.93. The highest BCUT2D eigenvalue weighted by molar-refractivity contribution is 7.92. The summed E-state index contributed by atoms with van der Waals surface area (Å²) in [6.07, 6.45) is 0.557. The Morgan fingerprint density at radius 3 is 2.40 bits per heavy atom. The van der Waals surface area contributed by atoms with Crippen LogP contribution in [0.15, 0.2) is 44.9 Å². The van der Waals surface area contributed by atoms with E-state index in [0.29, 0.717) is 6.20 Å². The molecule has 106 valence electrons. The van der Waals surface area contributed by atoms with Gasteiger partial charge in [0.15, 0.2) is 0 Å². The molecular weight excluding hydrogens is 289 g/mol. The number of halogens is 1. The molecule has 0 aliphatic carbocycles. The first-order chi connectivity index (χ1) is 9.31. The van der Waals surface area contributed by atoms with Crippen LogP contribution in [-0.2, 0) is 10.0 Å². The van der Waals surface area contributed by atoms with Crippen molar-refractivity contribution in [1.29, 1.82) is 0 Å². The lowest BCUT2D eigenvalue weighted by Crippen LogP contribution is -2.44. The summed E-state index contributed by atoms with van der Waals surface area (Å²) in [5, 5.41) is 0. The molecule has 1 aromatic heterocycles. The first-order valence-electron chi connectivity index (χ1n) is 5.41. The van der Waals surface area contributed by atoms with E-state index in [9.17, 15) is 22.4 Å². The third kappa shape index (κ3) is 2.62. The van der Waals surface area contributed by atoms with Gasteiger partial charge in [-0.25, -0.2) is 9.63 Å². The highest BCUT2D eigenvalue weighted by Crippen LogP contribution is 2.09. The van der Waals surface area contributed by atoms with Crippen LogP contribution in [0.3, 0.4) is 0 Å². The Bertz CT molecular complexity index is 852. The molecule has 0 atom stereocenters. The van der Waals surface area contributed by atoms with Crippen LogP contribution < -0.4 is 16.1 Å². The van der Waals surface area contributed by atoms with Crippen molar-refractivity contribution in [1.82, 2.24) is 9.66 Å². The van der Waals surface area contributed by atoms with Crippen molar-refractivity contribution in [2.75, 3.05) is 4.83 Å². The molecule has 0 unspecified atom stereocenters. The molecule has 7 nitrogen and oxygen atoms in total. The molecule has 0 radical (unpaired) electrons. The number of H-pyrrole nitrogens is 1. The van der Waals surface area contributed by atoms with E-state index in [1.165, 1.54) is 12.1 Å². The molecule has 1 aromatic carbocycles. The number of nitrogens with one attached hydrogen (secondary N) is 2. The lowest BCUT2D eigenvalue weighted by atomic mass is 10.2. The summed E-state index contributed by atoms with van der Waals surface area (Å²) >= 11 is 0. The second-order valence-corrected chi connectivity index (χ2v) is 5.65. The SMILES string of the molecule is Cc1ccc(S(=O)(=O)Nn2c(=O)[nH]cc(F)c2=O)cc1. The molecule has 9 heteroatoms. The molecule has 0 spiro atoms. The van der Waals surface area contributed by atoms with Crippen LogP contribution >= 0.6 is 0 Å². The third-order valence-electron chi connectivity index (χ3n) is 2.48. The molecule has 0 aliphatic rings. The van der Waals surface area contributed by atoms with Gasteiger partial charge in [0, 0.05) is 6.20 Å². The average Bonchev–Trinajstić information content (AvgIpc) is 2.40. The van der Waals surface area contributed by atoms with Crippen LogP contribution in [-0.4, -0.2) is 18.1 Å². The van der Waals surface area contributed by atoms with E-state index in [1.54, 1.807) is 23.9 Å². The van der Waals surface area contributed by atoms with E-state index in [1.807, 2.05) is 4.98 Å². The number of hydrogen-bond donors (Lipinski definition) is 2. The average molecular weight is 299 g/mol. The zero-order valence-electron chi connectivity index (χ0n) is 10.3. The maximum atomic E-state index is 13.1. The van der Waals surface area contributed by atoms with Gasteiger partial charge in [0.2, 0.25) is 5.82 Å². The molecule has 0 saturated heterocycles. The summed E-state index contributed by atoms with van der Waals surface area (Å²) in [6, 6.07) is 5.70. The zero-order valence-corrected chi connectivity index (χ0v) is 11.1. The van der Waals surface area contributed by atoms with E-state index in [4.69, 9.17) is 0 Å². The Morgan fingerprint density at radius 2 is 1.80 bits per heavy atom. The monoisotopic (exact) mass is 299 g/mol. The second-order valence-electron chi connectivity index (χ2n) is 3.99. The number of aryl methyl sites for hydroxylation is 1. The van der Waals surface area contributed by atoms with E-state index >= 15 is 0 Å². The summed E-state index contributed by atoms with van der Waals surface area (Å²) in [5.41, 5.74) is -1.64. The van der Waals surface area contributed by atoms with Crippen molar-refractivity contribution in [2.24, 2.45) is 0 Å². The number of benzene rings is 1. The van der Waals surface area contributed by atoms with Crippen LogP contribution in [0.1, 0.15) is 5.56 Å². The Balaban J connectivity index is 2.49. The van der Waals surface area contributed by atoms with E-state index in [2.05, 4.69) is 0 Å². The van der Waals surface area contributed by atoms with Crippen LogP contribution in [0.4, 0.5) is 4.39 Å². The highest BCUT2D eigenvalue weighted by Gasteiger charge is 2.17. The summed E-state index contributed by atoms with van der Waals surface area (Å²) in [7, 11) is -4.17. The molecule has 2 N–H and O–H groups in total.